The minimum atomic E-state index is 0.189. The molecule has 6 nitrogen and oxygen atoms in total. The normalized spacial score (nSPS) is 19.9. The van der Waals surface area contributed by atoms with Crippen LogP contribution in [0.15, 0.2) is 30.3 Å². The van der Waals surface area contributed by atoms with E-state index in [0.717, 1.165) is 56.8 Å². The van der Waals surface area contributed by atoms with Gasteiger partial charge in [-0.2, -0.15) is 0 Å². The third kappa shape index (κ3) is 4.11. The fourth-order valence-electron chi connectivity index (χ4n) is 4.00. The van der Waals surface area contributed by atoms with Crippen molar-refractivity contribution in [1.29, 1.82) is 0 Å². The number of nitrogens with zero attached hydrogens (tertiary/aromatic N) is 3. The predicted octanol–water partition coefficient (Wildman–Crippen LogP) is 3.29. The van der Waals surface area contributed by atoms with Crippen molar-refractivity contribution < 1.29 is 9.90 Å². The van der Waals surface area contributed by atoms with Crippen LogP contribution in [0.2, 0.25) is 0 Å². The Balaban J connectivity index is 1.46. The summed E-state index contributed by atoms with van der Waals surface area (Å²) >= 11 is 0. The second-order valence-corrected chi connectivity index (χ2v) is 8.04. The molecule has 0 spiro atoms. The molecule has 1 saturated heterocycles. The highest BCUT2D eigenvalue weighted by molar-refractivity contribution is 5.79. The number of nitrogens with one attached hydrogen (secondary N) is 1. The molecule has 0 bridgehead atoms. The van der Waals surface area contributed by atoms with E-state index in [9.17, 15) is 9.90 Å². The number of amides is 1. The molecule has 1 aromatic heterocycles. The Kier molecular flexibility index (Phi) is 5.46. The molecule has 28 heavy (non-hydrogen) atoms. The van der Waals surface area contributed by atoms with Crippen molar-refractivity contribution >= 4 is 11.7 Å². The van der Waals surface area contributed by atoms with Crippen LogP contribution in [-0.2, 0) is 4.79 Å². The SMILES string of the molecule is Cc1cc(N2CCCC(CNC(=O)C3CCC3)C2)nc(-c2ccccc2O)n1. The Morgan fingerprint density at radius 3 is 2.79 bits per heavy atom. The van der Waals surface area contributed by atoms with Gasteiger partial charge in [-0.1, -0.05) is 18.6 Å². The summed E-state index contributed by atoms with van der Waals surface area (Å²) in [5.41, 5.74) is 1.53. The Morgan fingerprint density at radius 2 is 2.04 bits per heavy atom. The average Bonchev–Trinajstić information content (AvgIpc) is 2.65. The molecule has 1 unspecified atom stereocenters. The summed E-state index contributed by atoms with van der Waals surface area (Å²) in [6.07, 6.45) is 5.47. The quantitative estimate of drug-likeness (QED) is 0.832. The Hall–Kier alpha value is -2.63. The van der Waals surface area contributed by atoms with Gasteiger partial charge in [-0.3, -0.25) is 4.79 Å². The maximum Gasteiger partial charge on any atom is 0.223 e. The third-order valence-electron chi connectivity index (χ3n) is 5.87. The van der Waals surface area contributed by atoms with Crippen molar-refractivity contribution in [3.63, 3.8) is 0 Å². The van der Waals surface area contributed by atoms with E-state index in [-0.39, 0.29) is 17.6 Å². The predicted molar refractivity (Wildman–Crippen MR) is 109 cm³/mol. The van der Waals surface area contributed by atoms with Gasteiger partial charge in [-0.15, -0.1) is 0 Å². The van der Waals surface area contributed by atoms with Crippen LogP contribution in [0.25, 0.3) is 11.4 Å². The number of carbonyl (C=O) groups excluding carboxylic acids is 1. The maximum absolute atomic E-state index is 12.1. The number of phenols is 1. The molecule has 2 N–H and O–H groups in total. The fraction of sp³-hybridized carbons (Fsp3) is 0.500. The largest absolute Gasteiger partial charge is 0.507 e. The maximum atomic E-state index is 12.1. The van der Waals surface area contributed by atoms with E-state index in [1.54, 1.807) is 12.1 Å². The second kappa shape index (κ2) is 8.17. The molecule has 1 aliphatic heterocycles. The van der Waals surface area contributed by atoms with Gasteiger partial charge in [-0.25, -0.2) is 9.97 Å². The Bertz CT molecular complexity index is 850. The summed E-state index contributed by atoms with van der Waals surface area (Å²) in [7, 11) is 0. The van der Waals surface area contributed by atoms with E-state index in [4.69, 9.17) is 4.98 Å². The molecule has 2 aromatic rings. The number of phenolic OH excluding ortho intramolecular Hbond substituents is 1. The lowest BCUT2D eigenvalue weighted by atomic mass is 9.84. The summed E-state index contributed by atoms with van der Waals surface area (Å²) < 4.78 is 0. The number of aryl methyl sites for hydroxylation is 1. The van der Waals surface area contributed by atoms with Gasteiger partial charge in [0, 0.05) is 37.3 Å². The number of aromatic hydroxyl groups is 1. The van der Waals surface area contributed by atoms with Crippen LogP contribution in [0.5, 0.6) is 5.75 Å². The van der Waals surface area contributed by atoms with Crippen LogP contribution in [0, 0.1) is 18.8 Å². The van der Waals surface area contributed by atoms with Gasteiger partial charge in [0.05, 0.1) is 5.56 Å². The van der Waals surface area contributed by atoms with Crippen molar-refractivity contribution in [3.8, 4) is 17.1 Å². The van der Waals surface area contributed by atoms with Crippen LogP contribution in [0.4, 0.5) is 5.82 Å². The number of benzene rings is 1. The number of hydrogen-bond donors (Lipinski definition) is 2. The van der Waals surface area contributed by atoms with Crippen molar-refractivity contribution in [1.82, 2.24) is 15.3 Å². The first-order chi connectivity index (χ1) is 13.6. The standard InChI is InChI=1S/C22H28N4O2/c1-15-12-20(25-21(24-15)18-9-2-3-10-19(18)27)26-11-5-6-16(14-26)13-23-22(28)17-7-4-8-17/h2-3,9-10,12,16-17,27H,4-8,11,13-14H2,1H3,(H,23,28). The Morgan fingerprint density at radius 1 is 1.21 bits per heavy atom. The summed E-state index contributed by atoms with van der Waals surface area (Å²) in [6, 6.07) is 9.16. The van der Waals surface area contributed by atoms with E-state index in [1.165, 1.54) is 6.42 Å². The summed E-state index contributed by atoms with van der Waals surface area (Å²) in [6.45, 7) is 4.52. The first kappa shape index (κ1) is 18.7. The zero-order valence-electron chi connectivity index (χ0n) is 16.4. The number of rotatable bonds is 5. The van der Waals surface area contributed by atoms with Crippen LogP contribution in [-0.4, -0.2) is 40.6 Å². The highest BCUT2D eigenvalue weighted by atomic mass is 16.3. The molecule has 1 aliphatic carbocycles. The van der Waals surface area contributed by atoms with Gasteiger partial charge in [0.2, 0.25) is 5.91 Å². The highest BCUT2D eigenvalue weighted by Gasteiger charge is 2.27. The molecule has 1 atom stereocenters. The lowest BCUT2D eigenvalue weighted by molar-refractivity contribution is -0.127. The first-order valence-electron chi connectivity index (χ1n) is 10.3. The number of hydrogen-bond acceptors (Lipinski definition) is 5. The summed E-state index contributed by atoms with van der Waals surface area (Å²) in [5.74, 6) is 2.53. The molecule has 1 amide bonds. The van der Waals surface area contributed by atoms with Crippen molar-refractivity contribution in [3.05, 3.63) is 36.0 Å². The van der Waals surface area contributed by atoms with Crippen molar-refractivity contribution in [2.24, 2.45) is 11.8 Å². The molecule has 1 saturated carbocycles. The fourth-order valence-corrected chi connectivity index (χ4v) is 4.00. The number of para-hydroxylation sites is 1. The zero-order valence-corrected chi connectivity index (χ0v) is 16.4. The molecule has 1 aromatic carbocycles. The molecule has 6 heteroatoms. The second-order valence-electron chi connectivity index (χ2n) is 8.04. The van der Waals surface area contributed by atoms with Gasteiger partial charge in [0.15, 0.2) is 5.82 Å². The van der Waals surface area contributed by atoms with Crippen LogP contribution < -0.4 is 10.2 Å². The highest BCUT2D eigenvalue weighted by Crippen LogP contribution is 2.29. The molecule has 2 aliphatic rings. The van der Waals surface area contributed by atoms with Gasteiger partial charge in [-0.05, 0) is 50.7 Å². The molecule has 148 valence electrons. The van der Waals surface area contributed by atoms with Crippen LogP contribution in [0.1, 0.15) is 37.8 Å². The van der Waals surface area contributed by atoms with E-state index in [2.05, 4.69) is 15.2 Å². The number of piperidine rings is 1. The summed E-state index contributed by atoms with van der Waals surface area (Å²) in [5, 5.41) is 13.3. The lowest BCUT2D eigenvalue weighted by Crippen LogP contribution is -2.43. The minimum Gasteiger partial charge on any atom is -0.507 e. The Labute approximate surface area is 166 Å². The molecule has 4 rings (SSSR count). The smallest absolute Gasteiger partial charge is 0.223 e. The van der Waals surface area contributed by atoms with Gasteiger partial charge < -0.3 is 15.3 Å². The lowest BCUT2D eigenvalue weighted by Gasteiger charge is -2.34. The van der Waals surface area contributed by atoms with Gasteiger partial charge in [0.25, 0.3) is 0 Å². The molecule has 0 radical (unpaired) electrons. The monoisotopic (exact) mass is 380 g/mol. The zero-order chi connectivity index (χ0) is 19.5. The number of aromatic nitrogens is 2. The van der Waals surface area contributed by atoms with E-state index < -0.39 is 0 Å². The minimum absolute atomic E-state index is 0.189. The van der Waals surface area contributed by atoms with E-state index in [0.29, 0.717) is 17.3 Å². The van der Waals surface area contributed by atoms with Crippen molar-refractivity contribution in [2.45, 2.75) is 39.0 Å². The molecule has 2 heterocycles. The van der Waals surface area contributed by atoms with Gasteiger partial charge in [0.1, 0.15) is 11.6 Å². The van der Waals surface area contributed by atoms with E-state index in [1.807, 2.05) is 25.1 Å². The topological polar surface area (TPSA) is 78.4 Å². The number of anilines is 1. The average molecular weight is 380 g/mol. The van der Waals surface area contributed by atoms with Crippen molar-refractivity contribution in [2.75, 3.05) is 24.5 Å². The number of carbonyl (C=O) groups is 1. The summed E-state index contributed by atoms with van der Waals surface area (Å²) in [4.78, 5) is 23.7. The van der Waals surface area contributed by atoms with Gasteiger partial charge >= 0.3 is 0 Å². The van der Waals surface area contributed by atoms with Crippen LogP contribution >= 0.6 is 0 Å². The van der Waals surface area contributed by atoms with E-state index >= 15 is 0 Å². The molecule has 2 fully saturated rings. The third-order valence-corrected chi connectivity index (χ3v) is 5.87. The first-order valence-corrected chi connectivity index (χ1v) is 10.3. The van der Waals surface area contributed by atoms with Crippen LogP contribution in [0.3, 0.4) is 0 Å². The molecular weight excluding hydrogens is 352 g/mol. The molecular formula is C22H28N4O2.